The lowest BCUT2D eigenvalue weighted by molar-refractivity contribution is -0.137. The first-order chi connectivity index (χ1) is 8.61. The summed E-state index contributed by atoms with van der Waals surface area (Å²) in [5.74, 6) is -0.947. The average molecular weight is 251 g/mol. The van der Waals surface area contributed by atoms with Crippen molar-refractivity contribution in [3.05, 3.63) is 29.8 Å². The molecule has 1 amide bonds. The highest BCUT2D eigenvalue weighted by Crippen LogP contribution is 2.12. The number of anilines is 1. The lowest BCUT2D eigenvalue weighted by atomic mass is 10.1. The van der Waals surface area contributed by atoms with Crippen molar-refractivity contribution in [3.63, 3.8) is 0 Å². The number of amides is 1. The highest BCUT2D eigenvalue weighted by Gasteiger charge is 2.04. The second-order valence-corrected chi connectivity index (χ2v) is 3.89. The number of carboxylic acids is 1. The maximum atomic E-state index is 11.5. The summed E-state index contributed by atoms with van der Waals surface area (Å²) in [6.07, 6.45) is 0.841. The third kappa shape index (κ3) is 5.45. The number of carboxylic acid groups (broad SMARTS) is 1. The van der Waals surface area contributed by atoms with E-state index in [4.69, 9.17) is 9.84 Å². The Bertz CT molecular complexity index is 417. The molecule has 1 aromatic carbocycles. The molecule has 1 rings (SSSR count). The Labute approximate surface area is 106 Å². The van der Waals surface area contributed by atoms with Crippen LogP contribution in [0.4, 0.5) is 5.69 Å². The van der Waals surface area contributed by atoms with E-state index in [0.29, 0.717) is 25.1 Å². The molecule has 0 aromatic heterocycles. The second-order valence-electron chi connectivity index (χ2n) is 3.89. The lowest BCUT2D eigenvalue weighted by Gasteiger charge is -2.06. The van der Waals surface area contributed by atoms with Crippen molar-refractivity contribution < 1.29 is 19.4 Å². The summed E-state index contributed by atoms with van der Waals surface area (Å²) in [5, 5.41) is 11.3. The van der Waals surface area contributed by atoms with Crippen LogP contribution in [0.2, 0.25) is 0 Å². The topological polar surface area (TPSA) is 75.6 Å². The summed E-state index contributed by atoms with van der Waals surface area (Å²) in [5.41, 5.74) is 1.57. The molecule has 2 N–H and O–H groups in total. The third-order valence-corrected chi connectivity index (χ3v) is 2.37. The second kappa shape index (κ2) is 7.45. The number of methoxy groups -OCH3 is 1. The zero-order valence-electron chi connectivity index (χ0n) is 10.3. The zero-order valence-corrected chi connectivity index (χ0v) is 10.3. The number of aryl methyl sites for hydroxylation is 1. The number of carbonyl (C=O) groups is 2. The first-order valence-electron chi connectivity index (χ1n) is 5.71. The number of ether oxygens (including phenoxy) is 1. The summed E-state index contributed by atoms with van der Waals surface area (Å²) >= 11 is 0. The number of rotatable bonds is 7. The lowest BCUT2D eigenvalue weighted by Crippen LogP contribution is -2.13. The Morgan fingerprint density at radius 3 is 2.78 bits per heavy atom. The van der Waals surface area contributed by atoms with Gasteiger partial charge in [0.25, 0.3) is 0 Å². The molecule has 0 saturated carbocycles. The first kappa shape index (κ1) is 14.2. The minimum absolute atomic E-state index is 0.0844. The summed E-state index contributed by atoms with van der Waals surface area (Å²) in [6.45, 7) is 0.380. The van der Waals surface area contributed by atoms with Crippen LogP contribution in [0.1, 0.15) is 18.4 Å². The van der Waals surface area contributed by atoms with Gasteiger partial charge in [0.1, 0.15) is 0 Å². The zero-order chi connectivity index (χ0) is 13.4. The smallest absolute Gasteiger partial charge is 0.303 e. The molecule has 1 aromatic rings. The van der Waals surface area contributed by atoms with E-state index in [2.05, 4.69) is 5.32 Å². The van der Waals surface area contributed by atoms with Crippen LogP contribution in [0.5, 0.6) is 0 Å². The van der Waals surface area contributed by atoms with Gasteiger partial charge in [-0.05, 0) is 24.1 Å². The normalized spacial score (nSPS) is 10.1. The van der Waals surface area contributed by atoms with Crippen LogP contribution in [0.25, 0.3) is 0 Å². The van der Waals surface area contributed by atoms with Crippen molar-refractivity contribution in [1.82, 2.24) is 0 Å². The summed E-state index contributed by atoms with van der Waals surface area (Å²) in [4.78, 5) is 21.9. The molecule has 0 heterocycles. The van der Waals surface area contributed by atoms with Crippen molar-refractivity contribution in [1.29, 1.82) is 0 Å². The fraction of sp³-hybridized carbons (Fsp3) is 0.385. The van der Waals surface area contributed by atoms with E-state index in [9.17, 15) is 9.59 Å². The Kier molecular flexibility index (Phi) is 5.87. The molecule has 0 saturated heterocycles. The Morgan fingerprint density at radius 1 is 1.33 bits per heavy atom. The number of hydrogen-bond donors (Lipinski definition) is 2. The maximum Gasteiger partial charge on any atom is 0.303 e. The van der Waals surface area contributed by atoms with E-state index in [0.717, 1.165) is 5.56 Å². The molecular weight excluding hydrogens is 234 g/mol. The van der Waals surface area contributed by atoms with E-state index in [1.165, 1.54) is 0 Å². The van der Waals surface area contributed by atoms with E-state index < -0.39 is 5.97 Å². The molecule has 0 atom stereocenters. The molecule has 18 heavy (non-hydrogen) atoms. The monoisotopic (exact) mass is 251 g/mol. The Morgan fingerprint density at radius 2 is 2.11 bits per heavy atom. The standard InChI is InChI=1S/C13H17NO4/c1-18-8-7-12(15)14-11-4-2-3-10(9-11)5-6-13(16)17/h2-4,9H,5-8H2,1H3,(H,14,15)(H,16,17). The molecule has 5 nitrogen and oxygen atoms in total. The largest absolute Gasteiger partial charge is 0.481 e. The van der Waals surface area contributed by atoms with Crippen molar-refractivity contribution in [2.45, 2.75) is 19.3 Å². The van der Waals surface area contributed by atoms with Crippen LogP contribution in [0, 0.1) is 0 Å². The highest BCUT2D eigenvalue weighted by molar-refractivity contribution is 5.90. The predicted molar refractivity (Wildman–Crippen MR) is 67.5 cm³/mol. The number of aliphatic carboxylic acids is 1. The van der Waals surface area contributed by atoms with Gasteiger partial charge in [-0.2, -0.15) is 0 Å². The summed E-state index contributed by atoms with van der Waals surface area (Å²) in [7, 11) is 1.54. The van der Waals surface area contributed by atoms with Gasteiger partial charge in [-0.3, -0.25) is 9.59 Å². The molecule has 0 fully saturated rings. The number of benzene rings is 1. The summed E-state index contributed by atoms with van der Waals surface area (Å²) in [6, 6.07) is 7.19. The molecule has 0 unspecified atom stereocenters. The van der Waals surface area contributed by atoms with Gasteiger partial charge >= 0.3 is 5.97 Å². The van der Waals surface area contributed by atoms with Crippen molar-refractivity contribution in [2.24, 2.45) is 0 Å². The molecular formula is C13H17NO4. The maximum absolute atomic E-state index is 11.5. The van der Waals surface area contributed by atoms with Crippen LogP contribution in [-0.2, 0) is 20.7 Å². The molecule has 5 heteroatoms. The van der Waals surface area contributed by atoms with Gasteiger partial charge in [0, 0.05) is 19.2 Å². The van der Waals surface area contributed by atoms with E-state index in [-0.39, 0.29) is 12.3 Å². The minimum Gasteiger partial charge on any atom is -0.481 e. The number of carbonyl (C=O) groups excluding carboxylic acids is 1. The van der Waals surface area contributed by atoms with Crippen LogP contribution in [-0.4, -0.2) is 30.7 Å². The Balaban J connectivity index is 2.53. The average Bonchev–Trinajstić information content (AvgIpc) is 2.34. The summed E-state index contributed by atoms with van der Waals surface area (Å²) < 4.78 is 4.81. The van der Waals surface area contributed by atoms with Gasteiger partial charge in [-0.1, -0.05) is 12.1 Å². The van der Waals surface area contributed by atoms with Crippen LogP contribution in [0.15, 0.2) is 24.3 Å². The minimum atomic E-state index is -0.829. The first-order valence-corrected chi connectivity index (χ1v) is 5.71. The molecule has 0 aliphatic carbocycles. The van der Waals surface area contributed by atoms with Crippen molar-refractivity contribution >= 4 is 17.6 Å². The molecule has 0 spiro atoms. The van der Waals surface area contributed by atoms with Gasteiger partial charge in [0.05, 0.1) is 13.0 Å². The van der Waals surface area contributed by atoms with Crippen molar-refractivity contribution in [3.8, 4) is 0 Å². The van der Waals surface area contributed by atoms with Gasteiger partial charge in [-0.25, -0.2) is 0 Å². The van der Waals surface area contributed by atoms with Crippen LogP contribution in [0.3, 0.4) is 0 Å². The molecule has 0 bridgehead atoms. The van der Waals surface area contributed by atoms with E-state index in [1.54, 1.807) is 25.3 Å². The van der Waals surface area contributed by atoms with Gasteiger partial charge in [-0.15, -0.1) is 0 Å². The predicted octanol–water partition coefficient (Wildman–Crippen LogP) is 1.68. The van der Waals surface area contributed by atoms with Crippen LogP contribution >= 0.6 is 0 Å². The molecule has 0 aliphatic heterocycles. The molecule has 0 aliphatic rings. The van der Waals surface area contributed by atoms with Crippen molar-refractivity contribution in [2.75, 3.05) is 19.0 Å². The Hall–Kier alpha value is -1.88. The van der Waals surface area contributed by atoms with E-state index >= 15 is 0 Å². The SMILES string of the molecule is COCCC(=O)Nc1cccc(CCC(=O)O)c1. The third-order valence-electron chi connectivity index (χ3n) is 2.37. The quantitative estimate of drug-likeness (QED) is 0.773. The number of nitrogens with one attached hydrogen (secondary N) is 1. The fourth-order valence-corrected chi connectivity index (χ4v) is 1.47. The van der Waals surface area contributed by atoms with E-state index in [1.807, 2.05) is 6.07 Å². The van der Waals surface area contributed by atoms with Crippen LogP contribution < -0.4 is 5.32 Å². The number of hydrogen-bond acceptors (Lipinski definition) is 3. The van der Waals surface area contributed by atoms with Gasteiger partial charge in [0.15, 0.2) is 0 Å². The highest BCUT2D eigenvalue weighted by atomic mass is 16.5. The fourth-order valence-electron chi connectivity index (χ4n) is 1.47. The van der Waals surface area contributed by atoms with Gasteiger partial charge in [0.2, 0.25) is 5.91 Å². The van der Waals surface area contributed by atoms with Gasteiger partial charge < -0.3 is 15.2 Å². The molecule has 0 radical (unpaired) electrons. The molecule has 98 valence electrons.